The van der Waals surface area contributed by atoms with Crippen LogP contribution in [0, 0.1) is 11.8 Å². The molecule has 0 saturated carbocycles. The van der Waals surface area contributed by atoms with Crippen molar-refractivity contribution in [1.29, 1.82) is 0 Å². The predicted molar refractivity (Wildman–Crippen MR) is 70.9 cm³/mol. The molecule has 0 radical (unpaired) electrons. The zero-order chi connectivity index (χ0) is 13.4. The summed E-state index contributed by atoms with van der Waals surface area (Å²) in [7, 11) is 1.75. The molecule has 0 atom stereocenters. The number of carbonyl (C=O) groups excluding carboxylic acids is 1. The average Bonchev–Trinajstić information content (AvgIpc) is 2.37. The number of nitrogens with zero attached hydrogens (tertiary/aromatic N) is 1. The van der Waals surface area contributed by atoms with E-state index in [4.69, 9.17) is 5.11 Å². The van der Waals surface area contributed by atoms with Gasteiger partial charge in [0.15, 0.2) is 0 Å². The van der Waals surface area contributed by atoms with Crippen LogP contribution in [-0.2, 0) is 6.54 Å². The number of amides is 2. The van der Waals surface area contributed by atoms with Gasteiger partial charge in [-0.2, -0.15) is 0 Å². The maximum Gasteiger partial charge on any atom is 0.317 e. The number of rotatable bonds is 3. The van der Waals surface area contributed by atoms with E-state index in [1.54, 1.807) is 11.9 Å². The van der Waals surface area contributed by atoms with E-state index in [-0.39, 0.29) is 12.6 Å². The molecule has 0 aromatic heterocycles. The van der Waals surface area contributed by atoms with Crippen molar-refractivity contribution in [2.75, 3.05) is 20.2 Å². The standard InChI is InChI=1S/C14H18N2O2/c1-3-15-14(18)16(2)11-13-7-4-6-12(10-13)8-5-9-17/h4,6-7,10,17H,3,9,11H2,1-2H3,(H,15,18). The fraction of sp³-hybridized carbons (Fsp3) is 0.357. The summed E-state index contributed by atoms with van der Waals surface area (Å²) in [6, 6.07) is 7.53. The molecule has 4 heteroatoms. The summed E-state index contributed by atoms with van der Waals surface area (Å²) in [6.45, 7) is 2.88. The number of benzene rings is 1. The van der Waals surface area contributed by atoms with E-state index in [0.29, 0.717) is 13.1 Å². The second-order valence-electron chi connectivity index (χ2n) is 3.85. The molecular formula is C14H18N2O2. The third-order valence-corrected chi connectivity index (χ3v) is 2.33. The molecule has 0 saturated heterocycles. The van der Waals surface area contributed by atoms with Crippen molar-refractivity contribution in [3.8, 4) is 11.8 Å². The predicted octanol–water partition coefficient (Wildman–Crippen LogP) is 1.19. The van der Waals surface area contributed by atoms with E-state index in [9.17, 15) is 4.79 Å². The number of hydrogen-bond acceptors (Lipinski definition) is 2. The highest BCUT2D eigenvalue weighted by atomic mass is 16.2. The smallest absolute Gasteiger partial charge is 0.317 e. The first kappa shape index (κ1) is 14.1. The van der Waals surface area contributed by atoms with Crippen molar-refractivity contribution in [3.63, 3.8) is 0 Å². The third kappa shape index (κ3) is 4.48. The molecule has 2 N–H and O–H groups in total. The van der Waals surface area contributed by atoms with Gasteiger partial charge >= 0.3 is 6.03 Å². The summed E-state index contributed by atoms with van der Waals surface area (Å²) in [5.41, 5.74) is 1.85. The fourth-order valence-electron chi connectivity index (χ4n) is 1.52. The maximum atomic E-state index is 11.6. The highest BCUT2D eigenvalue weighted by molar-refractivity contribution is 5.73. The molecule has 1 aromatic carbocycles. The van der Waals surface area contributed by atoms with Crippen molar-refractivity contribution in [1.82, 2.24) is 10.2 Å². The molecule has 0 fully saturated rings. The molecule has 0 heterocycles. The number of urea groups is 1. The maximum absolute atomic E-state index is 11.6. The van der Waals surface area contributed by atoms with E-state index >= 15 is 0 Å². The second-order valence-corrected chi connectivity index (χ2v) is 3.85. The van der Waals surface area contributed by atoms with E-state index in [2.05, 4.69) is 17.2 Å². The van der Waals surface area contributed by atoms with Crippen LogP contribution in [0.3, 0.4) is 0 Å². The number of carbonyl (C=O) groups is 1. The fourth-order valence-corrected chi connectivity index (χ4v) is 1.52. The second kappa shape index (κ2) is 7.36. The van der Waals surface area contributed by atoms with Crippen LogP contribution in [0.15, 0.2) is 24.3 Å². The molecule has 1 aromatic rings. The van der Waals surface area contributed by atoms with Crippen molar-refractivity contribution in [2.24, 2.45) is 0 Å². The summed E-state index contributed by atoms with van der Waals surface area (Å²) in [4.78, 5) is 13.2. The largest absolute Gasteiger partial charge is 0.384 e. The van der Waals surface area contributed by atoms with Crippen LogP contribution < -0.4 is 5.32 Å². The summed E-state index contributed by atoms with van der Waals surface area (Å²) in [5, 5.41) is 11.4. The molecule has 96 valence electrons. The van der Waals surface area contributed by atoms with E-state index in [0.717, 1.165) is 11.1 Å². The lowest BCUT2D eigenvalue weighted by Gasteiger charge is -2.17. The van der Waals surface area contributed by atoms with E-state index < -0.39 is 0 Å². The monoisotopic (exact) mass is 246 g/mol. The normalized spacial score (nSPS) is 9.28. The molecule has 0 aliphatic heterocycles. The van der Waals surface area contributed by atoms with E-state index in [1.165, 1.54) is 0 Å². The lowest BCUT2D eigenvalue weighted by atomic mass is 10.1. The van der Waals surface area contributed by atoms with Gasteiger partial charge in [0.25, 0.3) is 0 Å². The van der Waals surface area contributed by atoms with Crippen LogP contribution >= 0.6 is 0 Å². The Bertz CT molecular complexity index is 460. The highest BCUT2D eigenvalue weighted by Gasteiger charge is 2.07. The van der Waals surface area contributed by atoms with Crippen molar-refractivity contribution in [2.45, 2.75) is 13.5 Å². The Balaban J connectivity index is 2.70. The molecular weight excluding hydrogens is 228 g/mol. The summed E-state index contributed by atoms with van der Waals surface area (Å²) in [5.74, 6) is 5.44. The van der Waals surface area contributed by atoms with Crippen LogP contribution in [0.1, 0.15) is 18.1 Å². The van der Waals surface area contributed by atoms with Gasteiger partial charge in [0.2, 0.25) is 0 Å². The first-order chi connectivity index (χ1) is 8.67. The first-order valence-corrected chi connectivity index (χ1v) is 5.85. The minimum Gasteiger partial charge on any atom is -0.384 e. The van der Waals surface area contributed by atoms with Crippen LogP contribution in [0.25, 0.3) is 0 Å². The van der Waals surface area contributed by atoms with Gasteiger partial charge in [0.1, 0.15) is 6.61 Å². The zero-order valence-corrected chi connectivity index (χ0v) is 10.7. The molecule has 0 aliphatic rings. The van der Waals surface area contributed by atoms with Crippen LogP contribution in [0.4, 0.5) is 4.79 Å². The molecule has 0 aliphatic carbocycles. The minimum atomic E-state index is -0.150. The van der Waals surface area contributed by atoms with Crippen LogP contribution in [0.5, 0.6) is 0 Å². The number of hydrogen-bond donors (Lipinski definition) is 2. The Morgan fingerprint density at radius 2 is 2.28 bits per heavy atom. The minimum absolute atomic E-state index is 0.0932. The van der Waals surface area contributed by atoms with Crippen molar-refractivity contribution in [3.05, 3.63) is 35.4 Å². The molecule has 4 nitrogen and oxygen atoms in total. The van der Waals surface area contributed by atoms with E-state index in [1.807, 2.05) is 31.2 Å². The average molecular weight is 246 g/mol. The number of nitrogens with one attached hydrogen (secondary N) is 1. The number of aliphatic hydroxyl groups excluding tert-OH is 1. The van der Waals surface area contributed by atoms with Gasteiger partial charge in [0, 0.05) is 25.7 Å². The lowest BCUT2D eigenvalue weighted by Crippen LogP contribution is -2.36. The van der Waals surface area contributed by atoms with Crippen molar-refractivity contribution >= 4 is 6.03 Å². The van der Waals surface area contributed by atoms with Gasteiger partial charge in [0.05, 0.1) is 0 Å². The Kier molecular flexibility index (Phi) is 5.75. The summed E-state index contributed by atoms with van der Waals surface area (Å²) < 4.78 is 0. The Morgan fingerprint density at radius 1 is 1.50 bits per heavy atom. The Labute approximate surface area is 108 Å². The first-order valence-electron chi connectivity index (χ1n) is 5.85. The van der Waals surface area contributed by atoms with Gasteiger partial charge in [-0.15, -0.1) is 0 Å². The number of aliphatic hydroxyl groups is 1. The highest BCUT2D eigenvalue weighted by Crippen LogP contribution is 2.06. The topological polar surface area (TPSA) is 52.6 Å². The summed E-state index contributed by atoms with van der Waals surface area (Å²) >= 11 is 0. The molecule has 2 amide bonds. The molecule has 1 rings (SSSR count). The molecule has 0 spiro atoms. The third-order valence-electron chi connectivity index (χ3n) is 2.33. The van der Waals surface area contributed by atoms with Crippen LogP contribution in [-0.4, -0.2) is 36.2 Å². The van der Waals surface area contributed by atoms with Gasteiger partial charge in [-0.3, -0.25) is 0 Å². The van der Waals surface area contributed by atoms with Gasteiger partial charge in [-0.05, 0) is 24.6 Å². The lowest BCUT2D eigenvalue weighted by molar-refractivity contribution is 0.207. The molecule has 0 bridgehead atoms. The molecule has 18 heavy (non-hydrogen) atoms. The Morgan fingerprint density at radius 3 is 2.94 bits per heavy atom. The van der Waals surface area contributed by atoms with Crippen LogP contribution in [0.2, 0.25) is 0 Å². The quantitative estimate of drug-likeness (QED) is 0.787. The van der Waals surface area contributed by atoms with Crippen molar-refractivity contribution < 1.29 is 9.90 Å². The zero-order valence-electron chi connectivity index (χ0n) is 10.7. The van der Waals surface area contributed by atoms with Gasteiger partial charge in [-0.1, -0.05) is 24.0 Å². The molecule has 0 unspecified atom stereocenters. The summed E-state index contributed by atoms with van der Waals surface area (Å²) in [6.07, 6.45) is 0. The SMILES string of the molecule is CCNC(=O)N(C)Cc1cccc(C#CCO)c1. The Hall–Kier alpha value is -1.99. The van der Waals surface area contributed by atoms with Gasteiger partial charge < -0.3 is 15.3 Å². The van der Waals surface area contributed by atoms with Gasteiger partial charge in [-0.25, -0.2) is 4.79 Å².